The molecule has 0 spiro atoms. The Hall–Kier alpha value is -3.75. The third kappa shape index (κ3) is 4.00. The Morgan fingerprint density at radius 3 is 2.40 bits per heavy atom. The standard InChI is InChI=1S/C21H23N7O2/c1-15-6-7-17(13-16(15)2)25-20-19(28(29)30)21(24-14-23-20)27-11-9-26(10-12-27)18-5-3-4-8-22-18/h3-8,13-14H,9-12H2,1-2H3,(H,23,24,25). The van der Waals surface area contributed by atoms with E-state index in [-0.39, 0.29) is 11.5 Å². The largest absolute Gasteiger partial charge is 0.353 e. The van der Waals surface area contributed by atoms with Crippen molar-refractivity contribution in [3.63, 3.8) is 0 Å². The number of pyridine rings is 1. The molecule has 1 N–H and O–H groups in total. The molecule has 4 rings (SSSR count). The Bertz CT molecular complexity index is 1050. The second kappa shape index (κ2) is 8.32. The molecule has 30 heavy (non-hydrogen) atoms. The second-order valence-corrected chi connectivity index (χ2v) is 7.24. The Labute approximate surface area is 174 Å². The molecule has 0 aliphatic carbocycles. The maximum absolute atomic E-state index is 11.9. The van der Waals surface area contributed by atoms with Crippen LogP contribution >= 0.6 is 0 Å². The molecule has 154 valence electrons. The van der Waals surface area contributed by atoms with Gasteiger partial charge in [0.2, 0.25) is 11.6 Å². The van der Waals surface area contributed by atoms with Gasteiger partial charge in [-0.1, -0.05) is 12.1 Å². The molecule has 1 fully saturated rings. The fourth-order valence-electron chi connectivity index (χ4n) is 3.50. The van der Waals surface area contributed by atoms with Gasteiger partial charge in [0, 0.05) is 38.1 Å². The summed E-state index contributed by atoms with van der Waals surface area (Å²) in [6.07, 6.45) is 3.14. The van der Waals surface area contributed by atoms with E-state index < -0.39 is 4.92 Å². The molecule has 0 bridgehead atoms. The summed E-state index contributed by atoms with van der Waals surface area (Å²) in [6, 6.07) is 11.6. The summed E-state index contributed by atoms with van der Waals surface area (Å²) in [6.45, 7) is 6.65. The highest BCUT2D eigenvalue weighted by Gasteiger charge is 2.29. The zero-order chi connectivity index (χ0) is 21.1. The Morgan fingerprint density at radius 2 is 1.73 bits per heavy atom. The Kier molecular flexibility index (Phi) is 5.42. The smallest absolute Gasteiger partial charge is 0.353 e. The van der Waals surface area contributed by atoms with Crippen molar-refractivity contribution >= 4 is 28.8 Å². The van der Waals surface area contributed by atoms with Crippen molar-refractivity contribution < 1.29 is 4.92 Å². The number of nitro groups is 1. The number of piperazine rings is 1. The minimum absolute atomic E-state index is 0.109. The highest BCUT2D eigenvalue weighted by Crippen LogP contribution is 2.34. The number of aromatic nitrogens is 3. The molecule has 1 aliphatic rings. The van der Waals surface area contributed by atoms with E-state index in [1.807, 2.05) is 55.1 Å². The number of hydrogen-bond acceptors (Lipinski definition) is 8. The molecular formula is C21H23N7O2. The van der Waals surface area contributed by atoms with Crippen molar-refractivity contribution in [3.8, 4) is 0 Å². The number of nitrogens with zero attached hydrogens (tertiary/aromatic N) is 6. The molecular weight excluding hydrogens is 382 g/mol. The molecule has 0 saturated carbocycles. The molecule has 9 nitrogen and oxygen atoms in total. The third-order valence-electron chi connectivity index (χ3n) is 5.31. The maximum atomic E-state index is 11.9. The minimum Gasteiger partial charge on any atom is -0.353 e. The lowest BCUT2D eigenvalue weighted by Gasteiger charge is -2.35. The summed E-state index contributed by atoms with van der Waals surface area (Å²) < 4.78 is 0. The van der Waals surface area contributed by atoms with Gasteiger partial charge in [0.15, 0.2) is 0 Å². The van der Waals surface area contributed by atoms with Crippen LogP contribution in [0.5, 0.6) is 0 Å². The number of anilines is 4. The van der Waals surface area contributed by atoms with Crippen molar-refractivity contribution in [2.45, 2.75) is 13.8 Å². The molecule has 0 atom stereocenters. The normalized spacial score (nSPS) is 13.9. The summed E-state index contributed by atoms with van der Waals surface area (Å²) in [5.74, 6) is 1.44. The highest BCUT2D eigenvalue weighted by molar-refractivity contribution is 5.75. The molecule has 9 heteroatoms. The monoisotopic (exact) mass is 405 g/mol. The van der Waals surface area contributed by atoms with Crippen molar-refractivity contribution in [2.75, 3.05) is 41.3 Å². The van der Waals surface area contributed by atoms with Crippen molar-refractivity contribution in [2.24, 2.45) is 0 Å². The summed E-state index contributed by atoms with van der Waals surface area (Å²) in [5.41, 5.74) is 2.90. The fourth-order valence-corrected chi connectivity index (χ4v) is 3.50. The maximum Gasteiger partial charge on any atom is 0.353 e. The van der Waals surface area contributed by atoms with Crippen LogP contribution in [0.3, 0.4) is 0 Å². The molecule has 3 heterocycles. The predicted octanol–water partition coefficient (Wildman–Crippen LogP) is 3.47. The van der Waals surface area contributed by atoms with E-state index in [9.17, 15) is 10.1 Å². The van der Waals surface area contributed by atoms with Gasteiger partial charge in [-0.3, -0.25) is 10.1 Å². The van der Waals surface area contributed by atoms with Crippen LogP contribution in [0, 0.1) is 24.0 Å². The first-order valence-electron chi connectivity index (χ1n) is 9.77. The summed E-state index contributed by atoms with van der Waals surface area (Å²) in [4.78, 5) is 28.4. The lowest BCUT2D eigenvalue weighted by molar-refractivity contribution is -0.383. The van der Waals surface area contributed by atoms with Crippen LogP contribution in [-0.4, -0.2) is 46.1 Å². The van der Waals surface area contributed by atoms with E-state index in [1.165, 1.54) is 6.33 Å². The average Bonchev–Trinajstić information content (AvgIpc) is 2.77. The number of benzene rings is 1. The zero-order valence-corrected chi connectivity index (χ0v) is 16.9. The first-order chi connectivity index (χ1) is 14.5. The number of nitrogens with one attached hydrogen (secondary N) is 1. The Morgan fingerprint density at radius 1 is 0.967 bits per heavy atom. The van der Waals surface area contributed by atoms with Gasteiger partial charge in [-0.25, -0.2) is 15.0 Å². The summed E-state index contributed by atoms with van der Waals surface area (Å²) in [7, 11) is 0. The lowest BCUT2D eigenvalue weighted by atomic mass is 10.1. The predicted molar refractivity (Wildman–Crippen MR) is 117 cm³/mol. The fraction of sp³-hybridized carbons (Fsp3) is 0.286. The van der Waals surface area contributed by atoms with E-state index in [1.54, 1.807) is 6.20 Å². The minimum atomic E-state index is -0.413. The molecule has 1 saturated heterocycles. The molecule has 0 radical (unpaired) electrons. The second-order valence-electron chi connectivity index (χ2n) is 7.24. The van der Waals surface area contributed by atoms with E-state index in [4.69, 9.17) is 0 Å². The van der Waals surface area contributed by atoms with Gasteiger partial charge in [0.05, 0.1) is 4.92 Å². The quantitative estimate of drug-likeness (QED) is 0.509. The molecule has 0 amide bonds. The highest BCUT2D eigenvalue weighted by atomic mass is 16.6. The van der Waals surface area contributed by atoms with Gasteiger partial charge < -0.3 is 15.1 Å². The average molecular weight is 405 g/mol. The van der Waals surface area contributed by atoms with Crippen molar-refractivity contribution in [1.29, 1.82) is 0 Å². The van der Waals surface area contributed by atoms with Crippen LogP contribution in [0.25, 0.3) is 0 Å². The van der Waals surface area contributed by atoms with Gasteiger partial charge in [0.1, 0.15) is 12.1 Å². The molecule has 3 aromatic rings. The van der Waals surface area contributed by atoms with Gasteiger partial charge >= 0.3 is 5.69 Å². The molecule has 1 aromatic carbocycles. The van der Waals surface area contributed by atoms with Crippen LogP contribution in [-0.2, 0) is 0 Å². The summed E-state index contributed by atoms with van der Waals surface area (Å²) >= 11 is 0. The van der Waals surface area contributed by atoms with Crippen LogP contribution in [0.15, 0.2) is 48.9 Å². The van der Waals surface area contributed by atoms with Crippen LogP contribution in [0.4, 0.5) is 28.8 Å². The van der Waals surface area contributed by atoms with E-state index in [0.29, 0.717) is 32.0 Å². The Balaban J connectivity index is 1.57. The van der Waals surface area contributed by atoms with Gasteiger partial charge in [0.25, 0.3) is 0 Å². The molecule has 0 unspecified atom stereocenters. The first kappa shape index (κ1) is 19.6. The van der Waals surface area contributed by atoms with E-state index in [0.717, 1.165) is 22.6 Å². The van der Waals surface area contributed by atoms with Crippen molar-refractivity contribution in [3.05, 3.63) is 70.2 Å². The first-order valence-corrected chi connectivity index (χ1v) is 9.77. The zero-order valence-electron chi connectivity index (χ0n) is 16.9. The number of rotatable bonds is 5. The van der Waals surface area contributed by atoms with Crippen LogP contribution in [0.2, 0.25) is 0 Å². The topological polar surface area (TPSA) is 100 Å². The van der Waals surface area contributed by atoms with Crippen molar-refractivity contribution in [1.82, 2.24) is 15.0 Å². The van der Waals surface area contributed by atoms with Crippen LogP contribution in [0.1, 0.15) is 11.1 Å². The van der Waals surface area contributed by atoms with Gasteiger partial charge in [-0.2, -0.15) is 0 Å². The van der Waals surface area contributed by atoms with Gasteiger partial charge in [-0.05, 0) is 49.2 Å². The number of hydrogen-bond donors (Lipinski definition) is 1. The SMILES string of the molecule is Cc1ccc(Nc2ncnc(N3CCN(c4ccccn4)CC3)c2[N+](=O)[O-])cc1C. The molecule has 2 aromatic heterocycles. The lowest BCUT2D eigenvalue weighted by Crippen LogP contribution is -2.47. The van der Waals surface area contributed by atoms with Gasteiger partial charge in [-0.15, -0.1) is 0 Å². The number of aryl methyl sites for hydroxylation is 2. The summed E-state index contributed by atoms with van der Waals surface area (Å²) in [5, 5.41) is 15.0. The van der Waals surface area contributed by atoms with Crippen LogP contribution < -0.4 is 15.1 Å². The van der Waals surface area contributed by atoms with E-state index >= 15 is 0 Å². The molecule has 1 aliphatic heterocycles. The van der Waals surface area contributed by atoms with E-state index in [2.05, 4.69) is 25.2 Å². The third-order valence-corrected chi connectivity index (χ3v) is 5.31.